The van der Waals surface area contributed by atoms with E-state index in [1.54, 1.807) is 24.3 Å². The maximum Gasteiger partial charge on any atom is 0.340 e. The molecular weight excluding hydrogens is 480 g/mol. The quantitative estimate of drug-likeness (QED) is 0.427. The number of hydrogen-bond donors (Lipinski definition) is 1. The number of nitrogens with one attached hydrogen (secondary N) is 1. The third kappa shape index (κ3) is 5.48. The smallest absolute Gasteiger partial charge is 0.340 e. The molecule has 1 fully saturated rings. The Labute approximate surface area is 203 Å². The number of nitrogens with zero attached hydrogens (tertiary/aromatic N) is 1. The molecule has 1 heterocycles. The molecule has 1 aliphatic heterocycles. The normalized spacial score (nSPS) is 14.9. The van der Waals surface area contributed by atoms with Gasteiger partial charge in [-0.2, -0.15) is 4.31 Å². The van der Waals surface area contributed by atoms with Gasteiger partial charge in [0, 0.05) is 36.0 Å². The molecule has 9 nitrogen and oxygen atoms in total. The highest BCUT2D eigenvalue weighted by molar-refractivity contribution is 7.98. The zero-order chi connectivity index (χ0) is 24.9. The highest BCUT2D eigenvalue weighted by Gasteiger charge is 2.32. The largest absolute Gasteiger partial charge is 0.493 e. The van der Waals surface area contributed by atoms with Gasteiger partial charge < -0.3 is 19.5 Å². The van der Waals surface area contributed by atoms with E-state index in [4.69, 9.17) is 14.2 Å². The molecule has 3 rings (SSSR count). The first-order valence-corrected chi connectivity index (χ1v) is 13.2. The fourth-order valence-corrected chi connectivity index (χ4v) is 5.63. The molecule has 0 radical (unpaired) electrons. The van der Waals surface area contributed by atoms with Gasteiger partial charge in [-0.15, -0.1) is 11.8 Å². The van der Waals surface area contributed by atoms with Gasteiger partial charge in [-0.05, 0) is 43.4 Å². The van der Waals surface area contributed by atoms with E-state index in [9.17, 15) is 18.0 Å². The Morgan fingerprint density at radius 2 is 1.59 bits per heavy atom. The van der Waals surface area contributed by atoms with Gasteiger partial charge in [-0.25, -0.2) is 13.2 Å². The van der Waals surface area contributed by atoms with E-state index >= 15 is 0 Å². The Morgan fingerprint density at radius 1 is 1.00 bits per heavy atom. The van der Waals surface area contributed by atoms with Crippen LogP contribution in [0.3, 0.4) is 0 Å². The van der Waals surface area contributed by atoms with E-state index in [-0.39, 0.29) is 35.1 Å². The second-order valence-corrected chi connectivity index (χ2v) is 10.4. The van der Waals surface area contributed by atoms with Gasteiger partial charge in [0.05, 0.1) is 37.5 Å². The molecule has 2 aromatic rings. The van der Waals surface area contributed by atoms with Crippen molar-refractivity contribution >= 4 is 39.3 Å². The second-order valence-electron chi connectivity index (χ2n) is 7.59. The molecule has 2 aromatic carbocycles. The average molecular weight is 509 g/mol. The van der Waals surface area contributed by atoms with E-state index < -0.39 is 21.9 Å². The fourth-order valence-electron chi connectivity index (χ4n) is 3.75. The van der Waals surface area contributed by atoms with Crippen LogP contribution in [0.2, 0.25) is 0 Å². The summed E-state index contributed by atoms with van der Waals surface area (Å²) in [6.45, 7) is 0.445. The van der Waals surface area contributed by atoms with Gasteiger partial charge in [0.25, 0.3) is 0 Å². The van der Waals surface area contributed by atoms with Crippen LogP contribution in [0.1, 0.15) is 23.2 Å². The number of methoxy groups -OCH3 is 3. The summed E-state index contributed by atoms with van der Waals surface area (Å²) in [4.78, 5) is 26.4. The Balaban J connectivity index is 1.71. The van der Waals surface area contributed by atoms with E-state index in [1.807, 2.05) is 6.26 Å². The van der Waals surface area contributed by atoms with Crippen molar-refractivity contribution < 1.29 is 32.2 Å². The minimum absolute atomic E-state index is 0.127. The number of amides is 1. The van der Waals surface area contributed by atoms with Gasteiger partial charge in [-0.3, -0.25) is 4.79 Å². The molecule has 0 spiro atoms. The summed E-state index contributed by atoms with van der Waals surface area (Å²) in [6, 6.07) is 9.70. The maximum absolute atomic E-state index is 13.0. The average Bonchev–Trinajstić information content (AvgIpc) is 2.87. The molecule has 184 valence electrons. The van der Waals surface area contributed by atoms with Crippen molar-refractivity contribution in [2.24, 2.45) is 5.92 Å². The van der Waals surface area contributed by atoms with Gasteiger partial charge in [0.2, 0.25) is 15.9 Å². The molecule has 1 N–H and O–H groups in total. The third-order valence-corrected chi connectivity index (χ3v) is 8.37. The van der Waals surface area contributed by atoms with Crippen molar-refractivity contribution in [3.63, 3.8) is 0 Å². The standard InChI is InChI=1S/C23H28N2O7S2/c1-30-20-13-18(23(27)32-3)19(14-21(20)31-2)24-22(26)15-9-11-25(12-10-15)34(28,29)17-7-5-16(33-4)6-8-17/h5-8,13-15H,9-12H2,1-4H3,(H,24,26). The molecule has 0 unspecified atom stereocenters. The Morgan fingerprint density at radius 3 is 2.12 bits per heavy atom. The lowest BCUT2D eigenvalue weighted by Crippen LogP contribution is -2.41. The van der Waals surface area contributed by atoms with Crippen molar-refractivity contribution in [3.8, 4) is 11.5 Å². The number of thioether (sulfide) groups is 1. The lowest BCUT2D eigenvalue weighted by atomic mass is 9.97. The number of carbonyl (C=O) groups is 2. The number of carbonyl (C=O) groups excluding carboxylic acids is 2. The molecular formula is C23H28N2O7S2. The second kappa shape index (κ2) is 11.1. The maximum atomic E-state index is 13.0. The van der Waals surface area contributed by atoms with Crippen LogP contribution >= 0.6 is 11.8 Å². The first kappa shape index (κ1) is 25.9. The minimum Gasteiger partial charge on any atom is -0.493 e. The van der Waals surface area contributed by atoms with Gasteiger partial charge >= 0.3 is 5.97 Å². The van der Waals surface area contributed by atoms with Crippen molar-refractivity contribution in [2.75, 3.05) is 46.0 Å². The summed E-state index contributed by atoms with van der Waals surface area (Å²) in [6.07, 6.45) is 2.64. The van der Waals surface area contributed by atoms with E-state index in [2.05, 4.69) is 5.32 Å². The lowest BCUT2D eigenvalue weighted by molar-refractivity contribution is -0.120. The molecule has 11 heteroatoms. The van der Waals surface area contributed by atoms with Crippen LogP contribution in [-0.4, -0.2) is 65.3 Å². The van der Waals surface area contributed by atoms with Gasteiger partial charge in [-0.1, -0.05) is 0 Å². The van der Waals surface area contributed by atoms with Crippen molar-refractivity contribution in [1.82, 2.24) is 4.31 Å². The van der Waals surface area contributed by atoms with Gasteiger partial charge in [0.15, 0.2) is 11.5 Å². The van der Waals surface area contributed by atoms with Crippen molar-refractivity contribution in [3.05, 3.63) is 42.0 Å². The van der Waals surface area contributed by atoms with E-state index in [0.717, 1.165) is 4.90 Å². The summed E-state index contributed by atoms with van der Waals surface area (Å²) >= 11 is 1.54. The lowest BCUT2D eigenvalue weighted by Gasteiger charge is -2.30. The SMILES string of the molecule is COC(=O)c1cc(OC)c(OC)cc1NC(=O)C1CCN(S(=O)(=O)c2ccc(SC)cc2)CC1. The van der Waals surface area contributed by atoms with Crippen LogP contribution in [-0.2, 0) is 19.6 Å². The monoisotopic (exact) mass is 508 g/mol. The Bertz CT molecular complexity index is 1140. The van der Waals surface area contributed by atoms with Crippen LogP contribution in [0.4, 0.5) is 5.69 Å². The summed E-state index contributed by atoms with van der Waals surface area (Å²) in [5.74, 6) is -0.684. The minimum atomic E-state index is -3.63. The predicted octanol–water partition coefficient (Wildman–Crippen LogP) is 3.25. The topological polar surface area (TPSA) is 111 Å². The van der Waals surface area contributed by atoms with Crippen LogP contribution in [0.5, 0.6) is 11.5 Å². The Hall–Kier alpha value is -2.76. The molecule has 0 aliphatic carbocycles. The Kier molecular flexibility index (Phi) is 8.45. The van der Waals surface area contributed by atoms with Crippen LogP contribution < -0.4 is 14.8 Å². The fraction of sp³-hybridized carbons (Fsp3) is 0.391. The third-order valence-electron chi connectivity index (χ3n) is 5.71. The van der Waals surface area contributed by atoms with Crippen LogP contribution in [0.15, 0.2) is 46.2 Å². The molecule has 34 heavy (non-hydrogen) atoms. The highest BCUT2D eigenvalue weighted by Crippen LogP contribution is 2.34. The first-order valence-electron chi connectivity index (χ1n) is 10.5. The number of sulfonamides is 1. The number of piperidine rings is 1. The number of anilines is 1. The number of benzene rings is 2. The van der Waals surface area contributed by atoms with Crippen molar-refractivity contribution in [1.29, 1.82) is 0 Å². The number of esters is 1. The number of hydrogen-bond acceptors (Lipinski definition) is 8. The van der Waals surface area contributed by atoms with Crippen LogP contribution in [0, 0.1) is 5.92 Å². The number of ether oxygens (including phenoxy) is 3. The van der Waals surface area contributed by atoms with E-state index in [0.29, 0.717) is 24.3 Å². The molecule has 1 amide bonds. The summed E-state index contributed by atoms with van der Waals surface area (Å²) in [5, 5.41) is 2.77. The molecule has 0 aromatic heterocycles. The molecule has 0 atom stereocenters. The molecule has 0 saturated carbocycles. The number of rotatable bonds is 8. The zero-order valence-electron chi connectivity index (χ0n) is 19.5. The van der Waals surface area contributed by atoms with Crippen LogP contribution in [0.25, 0.3) is 0 Å². The summed E-state index contributed by atoms with van der Waals surface area (Å²) < 4.78 is 42.7. The van der Waals surface area contributed by atoms with Crippen molar-refractivity contribution in [2.45, 2.75) is 22.6 Å². The van der Waals surface area contributed by atoms with E-state index in [1.165, 1.54) is 49.5 Å². The van der Waals surface area contributed by atoms with Gasteiger partial charge in [0.1, 0.15) is 0 Å². The summed E-state index contributed by atoms with van der Waals surface area (Å²) in [5.41, 5.74) is 0.362. The first-order chi connectivity index (χ1) is 16.2. The molecule has 0 bridgehead atoms. The predicted molar refractivity (Wildman–Crippen MR) is 129 cm³/mol. The summed E-state index contributed by atoms with van der Waals surface area (Å²) in [7, 11) is 0.504. The molecule has 1 saturated heterocycles. The zero-order valence-corrected chi connectivity index (χ0v) is 21.1. The molecule has 1 aliphatic rings. The highest BCUT2D eigenvalue weighted by atomic mass is 32.2.